The van der Waals surface area contributed by atoms with E-state index in [9.17, 15) is 9.59 Å². The van der Waals surface area contributed by atoms with E-state index in [1.165, 1.54) is 11.3 Å². The topological polar surface area (TPSA) is 71.6 Å². The van der Waals surface area contributed by atoms with E-state index in [-0.39, 0.29) is 29.6 Å². The molecule has 1 unspecified atom stereocenters. The van der Waals surface area contributed by atoms with Gasteiger partial charge in [-0.05, 0) is 39.6 Å². The molecule has 8 heteroatoms. The van der Waals surface area contributed by atoms with Gasteiger partial charge in [0.25, 0.3) is 11.5 Å². The van der Waals surface area contributed by atoms with Gasteiger partial charge in [-0.25, -0.2) is 4.98 Å². The first-order chi connectivity index (χ1) is 12.4. The van der Waals surface area contributed by atoms with Crippen molar-refractivity contribution >= 4 is 22.2 Å². The summed E-state index contributed by atoms with van der Waals surface area (Å²) in [6.45, 7) is 4.75. The lowest BCUT2D eigenvalue weighted by Crippen LogP contribution is -2.36. The van der Waals surface area contributed by atoms with Crippen molar-refractivity contribution in [1.82, 2.24) is 24.2 Å². The standard InChI is InChI=1S/C18H23N5O2S/c1-12-5-6-23(13(2)10-21(3)4)17(25)15(12)16(24)19-9-14-11-22-7-8-26-18(22)20-14/h5-8,11,13H,9-10H2,1-4H3,(H,19,24). The Kier molecular flexibility index (Phi) is 5.24. The van der Waals surface area contributed by atoms with Crippen molar-refractivity contribution < 1.29 is 4.79 Å². The molecule has 1 amide bonds. The van der Waals surface area contributed by atoms with Crippen molar-refractivity contribution in [3.8, 4) is 0 Å². The van der Waals surface area contributed by atoms with Gasteiger partial charge in [0.05, 0.1) is 12.2 Å². The zero-order chi connectivity index (χ0) is 18.8. The van der Waals surface area contributed by atoms with Crippen LogP contribution in [0.4, 0.5) is 0 Å². The quantitative estimate of drug-likeness (QED) is 0.717. The highest BCUT2D eigenvalue weighted by Gasteiger charge is 2.18. The Morgan fingerprint density at radius 3 is 2.85 bits per heavy atom. The Labute approximate surface area is 155 Å². The fourth-order valence-corrected chi connectivity index (χ4v) is 3.72. The molecule has 0 radical (unpaired) electrons. The summed E-state index contributed by atoms with van der Waals surface area (Å²) in [5.41, 5.74) is 1.37. The molecule has 3 rings (SSSR count). The fraction of sp³-hybridized carbons (Fsp3) is 0.389. The molecule has 0 aliphatic heterocycles. The molecule has 0 aliphatic rings. The van der Waals surface area contributed by atoms with Gasteiger partial charge in [-0.3, -0.25) is 14.0 Å². The summed E-state index contributed by atoms with van der Waals surface area (Å²) in [7, 11) is 3.91. The van der Waals surface area contributed by atoms with Gasteiger partial charge in [0.2, 0.25) is 0 Å². The molecular weight excluding hydrogens is 350 g/mol. The van der Waals surface area contributed by atoms with Crippen molar-refractivity contribution in [3.63, 3.8) is 0 Å². The van der Waals surface area contributed by atoms with Crippen LogP contribution in [0, 0.1) is 6.92 Å². The van der Waals surface area contributed by atoms with Gasteiger partial charge >= 0.3 is 0 Å². The SMILES string of the molecule is Cc1ccn(C(C)CN(C)C)c(=O)c1C(=O)NCc1cn2ccsc2n1. The van der Waals surface area contributed by atoms with Gasteiger partial charge < -0.3 is 14.8 Å². The largest absolute Gasteiger partial charge is 0.346 e. The predicted molar refractivity (Wildman–Crippen MR) is 103 cm³/mol. The molecule has 0 fully saturated rings. The first kappa shape index (κ1) is 18.3. The monoisotopic (exact) mass is 373 g/mol. The smallest absolute Gasteiger partial charge is 0.263 e. The summed E-state index contributed by atoms with van der Waals surface area (Å²) in [5.74, 6) is -0.366. The molecule has 0 saturated heterocycles. The zero-order valence-electron chi connectivity index (χ0n) is 15.4. The van der Waals surface area contributed by atoms with E-state index < -0.39 is 0 Å². The number of aryl methyl sites for hydroxylation is 1. The molecule has 26 heavy (non-hydrogen) atoms. The van der Waals surface area contributed by atoms with Crippen LogP contribution in [0.25, 0.3) is 4.96 Å². The maximum Gasteiger partial charge on any atom is 0.263 e. The Balaban J connectivity index is 1.79. The van der Waals surface area contributed by atoms with Crippen molar-refractivity contribution in [2.75, 3.05) is 20.6 Å². The van der Waals surface area contributed by atoms with E-state index in [2.05, 4.69) is 10.3 Å². The minimum atomic E-state index is -0.366. The van der Waals surface area contributed by atoms with Crippen LogP contribution in [0.1, 0.15) is 34.6 Å². The van der Waals surface area contributed by atoms with E-state index >= 15 is 0 Å². The van der Waals surface area contributed by atoms with Crippen LogP contribution >= 0.6 is 11.3 Å². The van der Waals surface area contributed by atoms with Crippen molar-refractivity contribution in [2.24, 2.45) is 0 Å². The zero-order valence-corrected chi connectivity index (χ0v) is 16.2. The second-order valence-electron chi connectivity index (χ2n) is 6.71. The Morgan fingerprint density at radius 2 is 2.15 bits per heavy atom. The summed E-state index contributed by atoms with van der Waals surface area (Å²) in [5, 5.41) is 4.77. The molecule has 0 saturated carbocycles. The first-order valence-electron chi connectivity index (χ1n) is 8.42. The van der Waals surface area contributed by atoms with E-state index in [4.69, 9.17) is 0 Å². The number of fused-ring (bicyclic) bond motifs is 1. The minimum absolute atomic E-state index is 0.0235. The highest BCUT2D eigenvalue weighted by atomic mass is 32.1. The van der Waals surface area contributed by atoms with E-state index in [1.54, 1.807) is 17.7 Å². The van der Waals surface area contributed by atoms with Gasteiger partial charge in [-0.15, -0.1) is 11.3 Å². The fourth-order valence-electron chi connectivity index (χ4n) is 3.00. The summed E-state index contributed by atoms with van der Waals surface area (Å²) in [4.78, 5) is 32.8. The third-order valence-corrected chi connectivity index (χ3v) is 5.00. The van der Waals surface area contributed by atoms with Crippen LogP contribution in [-0.4, -0.2) is 45.4 Å². The third kappa shape index (κ3) is 3.71. The Morgan fingerprint density at radius 1 is 1.38 bits per heavy atom. The van der Waals surface area contributed by atoms with Crippen LogP contribution in [-0.2, 0) is 6.54 Å². The minimum Gasteiger partial charge on any atom is -0.346 e. The summed E-state index contributed by atoms with van der Waals surface area (Å²) in [6, 6.07) is 1.79. The van der Waals surface area contributed by atoms with Crippen LogP contribution in [0.5, 0.6) is 0 Å². The van der Waals surface area contributed by atoms with Gasteiger partial charge in [0.1, 0.15) is 5.56 Å². The second kappa shape index (κ2) is 7.43. The number of nitrogens with one attached hydrogen (secondary N) is 1. The maximum absolute atomic E-state index is 12.8. The molecule has 0 aromatic carbocycles. The number of likely N-dealkylation sites (N-methyl/N-ethyl adjacent to an activating group) is 1. The number of amides is 1. The number of nitrogens with zero attached hydrogens (tertiary/aromatic N) is 4. The normalized spacial score (nSPS) is 12.7. The average Bonchev–Trinajstić information content (AvgIpc) is 3.13. The molecule has 0 bridgehead atoms. The number of aromatic nitrogens is 3. The number of pyridine rings is 1. The van der Waals surface area contributed by atoms with Gasteiger partial charge in [0.15, 0.2) is 4.96 Å². The Hall–Kier alpha value is -2.45. The van der Waals surface area contributed by atoms with Crippen molar-refractivity contribution in [3.05, 3.63) is 57.2 Å². The molecule has 0 aliphatic carbocycles. The van der Waals surface area contributed by atoms with Gasteiger partial charge in [-0.2, -0.15) is 0 Å². The lowest BCUT2D eigenvalue weighted by atomic mass is 10.1. The van der Waals surface area contributed by atoms with Gasteiger partial charge in [-0.1, -0.05) is 0 Å². The molecule has 3 aromatic rings. The van der Waals surface area contributed by atoms with Crippen LogP contribution in [0.3, 0.4) is 0 Å². The molecule has 3 aromatic heterocycles. The first-order valence-corrected chi connectivity index (χ1v) is 9.30. The van der Waals surface area contributed by atoms with Crippen LogP contribution < -0.4 is 10.9 Å². The highest BCUT2D eigenvalue weighted by molar-refractivity contribution is 7.15. The number of hydrogen-bond acceptors (Lipinski definition) is 5. The molecule has 3 heterocycles. The highest BCUT2D eigenvalue weighted by Crippen LogP contribution is 2.12. The lowest BCUT2D eigenvalue weighted by molar-refractivity contribution is 0.0947. The molecule has 138 valence electrons. The molecule has 1 N–H and O–H groups in total. The van der Waals surface area contributed by atoms with Crippen molar-refractivity contribution in [2.45, 2.75) is 26.4 Å². The predicted octanol–water partition coefficient (Wildman–Crippen LogP) is 1.92. The lowest BCUT2D eigenvalue weighted by Gasteiger charge is -2.20. The third-order valence-electron chi connectivity index (χ3n) is 4.23. The number of rotatable bonds is 6. The number of hydrogen-bond donors (Lipinski definition) is 1. The van der Waals surface area contributed by atoms with Gasteiger partial charge in [0, 0.05) is 36.6 Å². The van der Waals surface area contributed by atoms with Crippen LogP contribution in [0.15, 0.2) is 34.8 Å². The second-order valence-corrected chi connectivity index (χ2v) is 7.58. The maximum atomic E-state index is 12.8. The summed E-state index contributed by atoms with van der Waals surface area (Å²) in [6.07, 6.45) is 5.55. The average molecular weight is 373 g/mol. The van der Waals surface area contributed by atoms with E-state index in [0.717, 1.165) is 17.2 Å². The molecular formula is C18H23N5O2S. The number of carbonyl (C=O) groups excluding carboxylic acids is 1. The molecule has 1 atom stereocenters. The van der Waals surface area contributed by atoms with Crippen molar-refractivity contribution in [1.29, 1.82) is 0 Å². The molecule has 7 nitrogen and oxygen atoms in total. The Bertz CT molecular complexity index is 957. The molecule has 0 spiro atoms. The summed E-state index contributed by atoms with van der Waals surface area (Å²) < 4.78 is 3.53. The van der Waals surface area contributed by atoms with E-state index in [0.29, 0.717) is 5.56 Å². The van der Waals surface area contributed by atoms with Crippen LogP contribution in [0.2, 0.25) is 0 Å². The van der Waals surface area contributed by atoms with E-state index in [1.807, 2.05) is 54.2 Å². The number of carbonyl (C=O) groups is 1. The number of thiazole rings is 1. The summed E-state index contributed by atoms with van der Waals surface area (Å²) >= 11 is 1.54. The number of imidazole rings is 1.